The second kappa shape index (κ2) is 10.1. The van der Waals surface area contributed by atoms with Crippen LogP contribution in [0.2, 0.25) is 0 Å². The molecule has 1 aliphatic heterocycles. The summed E-state index contributed by atoms with van der Waals surface area (Å²) in [6.07, 6.45) is -2.83. The zero-order chi connectivity index (χ0) is 21.6. The van der Waals surface area contributed by atoms with E-state index in [1.807, 2.05) is 11.4 Å². The Bertz CT molecular complexity index is 838. The number of benzene rings is 1. The van der Waals surface area contributed by atoms with E-state index in [2.05, 4.69) is 10.1 Å². The van der Waals surface area contributed by atoms with Crippen LogP contribution < -0.4 is 5.32 Å². The normalized spacial score (nSPS) is 17.0. The van der Waals surface area contributed by atoms with Gasteiger partial charge in [-0.1, -0.05) is 30.3 Å². The number of nitrogens with zero attached hydrogens (tertiary/aromatic N) is 1. The molecular formula is C21H23F3N2O3S. The van der Waals surface area contributed by atoms with Crippen LogP contribution in [0.15, 0.2) is 41.8 Å². The van der Waals surface area contributed by atoms with Crippen molar-refractivity contribution in [1.82, 2.24) is 10.2 Å². The molecule has 0 radical (unpaired) electrons. The Balaban J connectivity index is 1.45. The smallest absolute Gasteiger partial charge is 0.367 e. The third kappa shape index (κ3) is 6.56. The Morgan fingerprint density at radius 2 is 1.90 bits per heavy atom. The van der Waals surface area contributed by atoms with Crippen molar-refractivity contribution in [3.63, 3.8) is 0 Å². The molecule has 30 heavy (non-hydrogen) atoms. The Morgan fingerprint density at radius 1 is 1.17 bits per heavy atom. The summed E-state index contributed by atoms with van der Waals surface area (Å²) in [6, 6.07) is 10.5. The molecule has 0 saturated carbocycles. The van der Waals surface area contributed by atoms with Crippen LogP contribution in [0.4, 0.5) is 13.2 Å². The van der Waals surface area contributed by atoms with E-state index in [1.165, 1.54) is 11.3 Å². The zero-order valence-electron chi connectivity index (χ0n) is 16.3. The summed E-state index contributed by atoms with van der Waals surface area (Å²) < 4.78 is 40.9. The predicted molar refractivity (Wildman–Crippen MR) is 107 cm³/mol. The van der Waals surface area contributed by atoms with Gasteiger partial charge in [-0.2, -0.15) is 13.2 Å². The van der Waals surface area contributed by atoms with Gasteiger partial charge in [0.2, 0.25) is 5.91 Å². The van der Waals surface area contributed by atoms with Crippen molar-refractivity contribution in [2.45, 2.75) is 32.2 Å². The molecule has 5 nitrogen and oxygen atoms in total. The van der Waals surface area contributed by atoms with Crippen molar-refractivity contribution in [2.75, 3.05) is 19.7 Å². The number of thiophene rings is 1. The number of hydrogen-bond donors (Lipinski definition) is 1. The van der Waals surface area contributed by atoms with Crippen LogP contribution in [0, 0.1) is 5.92 Å². The highest BCUT2D eigenvalue weighted by atomic mass is 32.1. The molecule has 0 spiro atoms. The fraction of sp³-hybridized carbons (Fsp3) is 0.429. The first-order valence-electron chi connectivity index (χ1n) is 9.64. The van der Waals surface area contributed by atoms with Gasteiger partial charge < -0.3 is 15.0 Å². The average molecular weight is 440 g/mol. The fourth-order valence-corrected chi connectivity index (χ4v) is 3.99. The zero-order valence-corrected chi connectivity index (χ0v) is 17.1. The number of carbonyl (C=O) groups is 2. The van der Waals surface area contributed by atoms with Crippen LogP contribution in [0.5, 0.6) is 0 Å². The Labute approximate surface area is 176 Å². The van der Waals surface area contributed by atoms with Crippen molar-refractivity contribution >= 4 is 23.2 Å². The molecular weight excluding hydrogens is 417 g/mol. The van der Waals surface area contributed by atoms with Crippen molar-refractivity contribution < 1.29 is 27.5 Å². The summed E-state index contributed by atoms with van der Waals surface area (Å²) in [5, 5.41) is 4.75. The number of likely N-dealkylation sites (tertiary alicyclic amines) is 1. The Kier molecular flexibility index (Phi) is 7.49. The molecule has 1 N–H and O–H groups in total. The van der Waals surface area contributed by atoms with E-state index in [-0.39, 0.29) is 24.3 Å². The van der Waals surface area contributed by atoms with Crippen molar-refractivity contribution in [2.24, 2.45) is 5.92 Å². The number of amides is 2. The number of alkyl halides is 3. The van der Waals surface area contributed by atoms with Gasteiger partial charge in [-0.3, -0.25) is 9.59 Å². The molecule has 0 bridgehead atoms. The summed E-state index contributed by atoms with van der Waals surface area (Å²) in [5.74, 6) is -0.389. The molecule has 1 aromatic heterocycles. The number of carbonyl (C=O) groups excluding carboxylic acids is 2. The number of hydrogen-bond acceptors (Lipinski definition) is 4. The van der Waals surface area contributed by atoms with Crippen molar-refractivity contribution in [3.05, 3.63) is 57.8 Å². The largest absolute Gasteiger partial charge is 0.411 e. The third-order valence-corrected chi connectivity index (χ3v) is 5.69. The molecule has 1 saturated heterocycles. The van der Waals surface area contributed by atoms with Gasteiger partial charge in [0.05, 0.1) is 17.4 Å². The SMILES string of the molecule is O=C(NCc1ccc(COCC(F)(F)F)cc1)[C@H]1CCCN(C(=O)c2cccs2)C1. The van der Waals surface area contributed by atoms with E-state index >= 15 is 0 Å². The van der Waals surface area contributed by atoms with Gasteiger partial charge in [0.25, 0.3) is 5.91 Å². The molecule has 2 aromatic rings. The predicted octanol–water partition coefficient (Wildman–Crippen LogP) is 4.00. The highest BCUT2D eigenvalue weighted by molar-refractivity contribution is 7.12. The summed E-state index contributed by atoms with van der Waals surface area (Å²) in [7, 11) is 0. The maximum absolute atomic E-state index is 12.6. The highest BCUT2D eigenvalue weighted by Crippen LogP contribution is 2.21. The van der Waals surface area contributed by atoms with E-state index in [1.54, 1.807) is 35.2 Å². The molecule has 1 aliphatic rings. The number of halogens is 3. The molecule has 3 rings (SSSR count). The minimum absolute atomic E-state index is 0.0363. The Morgan fingerprint density at radius 3 is 2.57 bits per heavy atom. The van der Waals surface area contributed by atoms with Crippen molar-refractivity contribution in [1.29, 1.82) is 0 Å². The van der Waals surface area contributed by atoms with E-state index in [9.17, 15) is 22.8 Å². The molecule has 1 fully saturated rings. The quantitative estimate of drug-likeness (QED) is 0.708. The lowest BCUT2D eigenvalue weighted by Crippen LogP contribution is -2.45. The molecule has 0 aliphatic carbocycles. The molecule has 1 atom stereocenters. The van der Waals surface area contributed by atoms with Crippen molar-refractivity contribution in [3.8, 4) is 0 Å². The molecule has 1 aromatic carbocycles. The first kappa shape index (κ1) is 22.3. The van der Waals surface area contributed by atoms with E-state index in [0.29, 0.717) is 30.1 Å². The Hall–Kier alpha value is -2.39. The van der Waals surface area contributed by atoms with Gasteiger partial charge in [-0.05, 0) is 35.4 Å². The maximum Gasteiger partial charge on any atom is 0.411 e. The standard InChI is InChI=1S/C21H23F3N2O3S/c22-21(23,24)14-29-13-16-7-5-15(6-8-16)11-25-19(27)17-3-1-9-26(12-17)20(28)18-4-2-10-30-18/h2,4-8,10,17H,1,3,9,11-14H2,(H,25,27)/t17-/m0/s1. The van der Waals surface area contributed by atoms with Crippen LogP contribution in [0.3, 0.4) is 0 Å². The lowest BCUT2D eigenvalue weighted by atomic mass is 9.97. The number of ether oxygens (including phenoxy) is 1. The highest BCUT2D eigenvalue weighted by Gasteiger charge is 2.29. The van der Waals surface area contributed by atoms with Crippen LogP contribution in [0.25, 0.3) is 0 Å². The molecule has 2 amide bonds. The van der Waals surface area contributed by atoms with Crippen LogP contribution in [-0.4, -0.2) is 42.6 Å². The van der Waals surface area contributed by atoms with Gasteiger partial charge in [-0.15, -0.1) is 11.3 Å². The maximum atomic E-state index is 12.6. The summed E-state index contributed by atoms with van der Waals surface area (Å²) >= 11 is 1.39. The van der Waals surface area contributed by atoms with Crippen LogP contribution >= 0.6 is 11.3 Å². The molecule has 9 heteroatoms. The number of nitrogens with one attached hydrogen (secondary N) is 1. The van der Waals surface area contributed by atoms with Gasteiger partial charge >= 0.3 is 6.18 Å². The monoisotopic (exact) mass is 440 g/mol. The number of piperidine rings is 1. The first-order valence-corrected chi connectivity index (χ1v) is 10.5. The summed E-state index contributed by atoms with van der Waals surface area (Å²) in [4.78, 5) is 27.5. The van der Waals surface area contributed by atoms with Gasteiger partial charge in [-0.25, -0.2) is 0 Å². The van der Waals surface area contributed by atoms with Gasteiger partial charge in [0.15, 0.2) is 0 Å². The minimum Gasteiger partial charge on any atom is -0.367 e. The number of rotatable bonds is 7. The van der Waals surface area contributed by atoms with E-state index < -0.39 is 12.8 Å². The van der Waals surface area contributed by atoms with Crippen LogP contribution in [0.1, 0.15) is 33.6 Å². The van der Waals surface area contributed by atoms with E-state index in [0.717, 1.165) is 18.4 Å². The second-order valence-corrected chi connectivity index (χ2v) is 8.16. The summed E-state index contributed by atoms with van der Waals surface area (Å²) in [5.41, 5.74) is 1.47. The second-order valence-electron chi connectivity index (χ2n) is 7.21. The fourth-order valence-electron chi connectivity index (χ4n) is 3.30. The lowest BCUT2D eigenvalue weighted by Gasteiger charge is -2.31. The van der Waals surface area contributed by atoms with Crippen LogP contribution in [-0.2, 0) is 22.7 Å². The topological polar surface area (TPSA) is 58.6 Å². The molecule has 162 valence electrons. The van der Waals surface area contributed by atoms with Gasteiger partial charge in [0.1, 0.15) is 6.61 Å². The molecule has 2 heterocycles. The van der Waals surface area contributed by atoms with E-state index in [4.69, 9.17) is 0 Å². The first-order chi connectivity index (χ1) is 14.3. The third-order valence-electron chi connectivity index (χ3n) is 4.84. The minimum atomic E-state index is -4.34. The lowest BCUT2D eigenvalue weighted by molar-refractivity contribution is -0.176. The average Bonchev–Trinajstić information content (AvgIpc) is 3.26. The summed E-state index contributed by atoms with van der Waals surface area (Å²) in [6.45, 7) is -0.0329. The van der Waals surface area contributed by atoms with Gasteiger partial charge in [0, 0.05) is 19.6 Å². The molecule has 0 unspecified atom stereocenters.